The molecule has 0 saturated heterocycles. The number of hydrogen-bond donors (Lipinski definition) is 1. The molecule has 0 amide bonds. The van der Waals surface area contributed by atoms with E-state index >= 15 is 0 Å². The van der Waals surface area contributed by atoms with Crippen molar-refractivity contribution in [2.75, 3.05) is 19.5 Å². The first-order valence-electron chi connectivity index (χ1n) is 9.95. The van der Waals surface area contributed by atoms with Gasteiger partial charge < -0.3 is 14.6 Å². The van der Waals surface area contributed by atoms with Gasteiger partial charge in [-0.05, 0) is 43.5 Å². The summed E-state index contributed by atoms with van der Waals surface area (Å²) in [5.41, 5.74) is 1.61. The molecule has 0 unspecified atom stereocenters. The molecule has 0 fully saturated rings. The molecule has 0 atom stereocenters. The summed E-state index contributed by atoms with van der Waals surface area (Å²) in [5, 5.41) is 11.2. The SMILES string of the molecule is CCCc1c(OCCCSc2ccc(CC(=O)OC)c(Cl)c2Cl)ccc(C(C)=O)c1O. The Hall–Kier alpha value is -1.89. The lowest BCUT2D eigenvalue weighted by molar-refractivity contribution is -0.139. The van der Waals surface area contributed by atoms with Gasteiger partial charge in [-0.25, -0.2) is 0 Å². The van der Waals surface area contributed by atoms with Gasteiger partial charge in [0, 0.05) is 16.2 Å². The molecule has 1 N–H and O–H groups in total. The summed E-state index contributed by atoms with van der Waals surface area (Å²) in [6.45, 7) is 3.89. The molecule has 0 aliphatic heterocycles. The zero-order chi connectivity index (χ0) is 23.0. The maximum absolute atomic E-state index is 11.7. The van der Waals surface area contributed by atoms with Crippen molar-refractivity contribution in [1.82, 2.24) is 0 Å². The van der Waals surface area contributed by atoms with Crippen LogP contribution in [0.2, 0.25) is 10.0 Å². The molecule has 2 rings (SSSR count). The molecule has 168 valence electrons. The number of aromatic hydroxyl groups is 1. The van der Waals surface area contributed by atoms with Gasteiger partial charge in [-0.2, -0.15) is 0 Å². The molecule has 0 heterocycles. The van der Waals surface area contributed by atoms with Crippen molar-refractivity contribution < 1.29 is 24.2 Å². The van der Waals surface area contributed by atoms with Gasteiger partial charge in [0.25, 0.3) is 0 Å². The van der Waals surface area contributed by atoms with E-state index in [-0.39, 0.29) is 23.9 Å². The first kappa shape index (κ1) is 25.4. The lowest BCUT2D eigenvalue weighted by Gasteiger charge is -2.15. The molecule has 0 aliphatic rings. The number of hydrogen-bond acceptors (Lipinski definition) is 6. The van der Waals surface area contributed by atoms with Gasteiger partial charge in [0.1, 0.15) is 11.5 Å². The number of ether oxygens (including phenoxy) is 2. The Morgan fingerprint density at radius 1 is 1.13 bits per heavy atom. The number of halogens is 2. The fraction of sp³-hybridized carbons (Fsp3) is 0.391. The normalized spacial score (nSPS) is 10.7. The predicted molar refractivity (Wildman–Crippen MR) is 125 cm³/mol. The highest BCUT2D eigenvalue weighted by Gasteiger charge is 2.16. The number of Topliss-reactive ketones (excluding diaryl/α,β-unsaturated/α-hetero) is 1. The molecule has 0 saturated carbocycles. The van der Waals surface area contributed by atoms with Crippen LogP contribution in [0.15, 0.2) is 29.2 Å². The molecule has 0 aromatic heterocycles. The third kappa shape index (κ3) is 6.79. The van der Waals surface area contributed by atoms with E-state index in [0.717, 1.165) is 23.5 Å². The van der Waals surface area contributed by atoms with E-state index in [9.17, 15) is 14.7 Å². The topological polar surface area (TPSA) is 72.8 Å². The van der Waals surface area contributed by atoms with E-state index < -0.39 is 0 Å². The Bertz CT molecular complexity index is 946. The number of carbonyl (C=O) groups is 2. The van der Waals surface area contributed by atoms with Crippen molar-refractivity contribution in [2.45, 2.75) is 44.4 Å². The van der Waals surface area contributed by atoms with Crippen LogP contribution in [0.4, 0.5) is 0 Å². The van der Waals surface area contributed by atoms with E-state index in [1.54, 1.807) is 30.0 Å². The van der Waals surface area contributed by atoms with Gasteiger partial charge in [0.15, 0.2) is 5.78 Å². The lowest BCUT2D eigenvalue weighted by atomic mass is 10.0. The van der Waals surface area contributed by atoms with Crippen LogP contribution in [0.5, 0.6) is 11.5 Å². The molecule has 2 aromatic carbocycles. The fourth-order valence-corrected chi connectivity index (χ4v) is 4.51. The summed E-state index contributed by atoms with van der Waals surface area (Å²) in [4.78, 5) is 23.9. The number of benzene rings is 2. The zero-order valence-corrected chi connectivity index (χ0v) is 20.1. The van der Waals surface area contributed by atoms with Gasteiger partial charge in [0.2, 0.25) is 0 Å². The maximum atomic E-state index is 11.7. The minimum absolute atomic E-state index is 0.00898. The smallest absolute Gasteiger partial charge is 0.310 e. The second-order valence-corrected chi connectivity index (χ2v) is 8.79. The number of carbonyl (C=O) groups excluding carboxylic acids is 2. The molecule has 0 radical (unpaired) electrons. The fourth-order valence-electron chi connectivity index (χ4n) is 3.00. The predicted octanol–water partition coefficient (Wildman–Crippen LogP) is 6.13. The minimum atomic E-state index is -0.375. The van der Waals surface area contributed by atoms with Crippen LogP contribution in [0.3, 0.4) is 0 Å². The zero-order valence-electron chi connectivity index (χ0n) is 17.8. The van der Waals surface area contributed by atoms with Crippen LogP contribution in [0, 0.1) is 0 Å². The summed E-state index contributed by atoms with van der Waals surface area (Å²) in [5.74, 6) is 0.802. The highest BCUT2D eigenvalue weighted by molar-refractivity contribution is 7.99. The average molecular weight is 485 g/mol. The number of esters is 1. The van der Waals surface area contributed by atoms with Crippen LogP contribution in [0.25, 0.3) is 0 Å². The standard InChI is InChI=1S/C23H26Cl2O5S/c1-4-6-17-18(9-8-16(14(2)26)23(17)28)30-11-5-12-31-19-10-7-15(13-20(27)29-3)21(24)22(19)25/h7-10,28H,4-6,11-13H2,1-3H3. The minimum Gasteiger partial charge on any atom is -0.507 e. The van der Waals surface area contributed by atoms with E-state index in [1.807, 2.05) is 13.0 Å². The van der Waals surface area contributed by atoms with Crippen molar-refractivity contribution in [2.24, 2.45) is 0 Å². The molecular formula is C23H26Cl2O5S. The molecular weight excluding hydrogens is 459 g/mol. The van der Waals surface area contributed by atoms with E-state index in [4.69, 9.17) is 27.9 Å². The molecule has 31 heavy (non-hydrogen) atoms. The van der Waals surface area contributed by atoms with Gasteiger partial charge >= 0.3 is 5.97 Å². The molecule has 0 bridgehead atoms. The number of rotatable bonds is 11. The largest absolute Gasteiger partial charge is 0.507 e. The van der Waals surface area contributed by atoms with Crippen molar-refractivity contribution in [3.8, 4) is 11.5 Å². The maximum Gasteiger partial charge on any atom is 0.310 e. The van der Waals surface area contributed by atoms with Gasteiger partial charge in [0.05, 0.1) is 35.7 Å². The molecule has 0 spiro atoms. The number of methoxy groups -OCH3 is 1. The summed E-state index contributed by atoms with van der Waals surface area (Å²) >= 11 is 14.2. The second kappa shape index (κ2) is 12.2. The number of ketones is 1. The van der Waals surface area contributed by atoms with Gasteiger partial charge in [-0.3, -0.25) is 9.59 Å². The van der Waals surface area contributed by atoms with Crippen molar-refractivity contribution in [3.63, 3.8) is 0 Å². The molecule has 5 nitrogen and oxygen atoms in total. The Morgan fingerprint density at radius 3 is 2.52 bits per heavy atom. The van der Waals surface area contributed by atoms with E-state index in [2.05, 4.69) is 4.74 Å². The van der Waals surface area contributed by atoms with Crippen LogP contribution in [-0.2, 0) is 22.4 Å². The number of phenolic OH excluding ortho intramolecular Hbond substituents is 1. The third-order valence-corrected chi connectivity index (χ3v) is 6.79. The first-order valence-corrected chi connectivity index (χ1v) is 11.7. The van der Waals surface area contributed by atoms with Crippen LogP contribution in [-0.4, -0.2) is 36.3 Å². The van der Waals surface area contributed by atoms with E-state index in [0.29, 0.717) is 45.5 Å². The summed E-state index contributed by atoms with van der Waals surface area (Å²) < 4.78 is 10.5. The Labute approximate surface area is 197 Å². The van der Waals surface area contributed by atoms with Gasteiger partial charge in [-0.1, -0.05) is 42.6 Å². The molecule has 0 aliphatic carbocycles. The highest BCUT2D eigenvalue weighted by Crippen LogP contribution is 2.36. The summed E-state index contributed by atoms with van der Waals surface area (Å²) in [7, 11) is 1.33. The average Bonchev–Trinajstić information content (AvgIpc) is 2.74. The number of thioether (sulfide) groups is 1. The first-order chi connectivity index (χ1) is 14.8. The summed E-state index contributed by atoms with van der Waals surface area (Å²) in [6.07, 6.45) is 2.27. The molecule has 8 heteroatoms. The van der Waals surface area contributed by atoms with Gasteiger partial charge in [-0.15, -0.1) is 11.8 Å². The monoisotopic (exact) mass is 484 g/mol. The van der Waals surface area contributed by atoms with Crippen molar-refractivity contribution in [1.29, 1.82) is 0 Å². The number of phenols is 1. The van der Waals surface area contributed by atoms with Crippen LogP contribution < -0.4 is 4.74 Å². The summed E-state index contributed by atoms with van der Waals surface area (Å²) in [6, 6.07) is 6.96. The Balaban J connectivity index is 1.94. The lowest BCUT2D eigenvalue weighted by Crippen LogP contribution is -2.05. The highest BCUT2D eigenvalue weighted by atomic mass is 35.5. The van der Waals surface area contributed by atoms with Crippen molar-refractivity contribution >= 4 is 46.7 Å². The van der Waals surface area contributed by atoms with Crippen LogP contribution >= 0.6 is 35.0 Å². The Morgan fingerprint density at radius 2 is 1.87 bits per heavy atom. The Kier molecular flexibility index (Phi) is 10.0. The quantitative estimate of drug-likeness (QED) is 0.179. The van der Waals surface area contributed by atoms with Crippen LogP contribution in [0.1, 0.15) is 48.2 Å². The van der Waals surface area contributed by atoms with E-state index in [1.165, 1.54) is 14.0 Å². The van der Waals surface area contributed by atoms with Crippen molar-refractivity contribution in [3.05, 3.63) is 51.0 Å². The molecule has 2 aromatic rings. The third-order valence-electron chi connectivity index (χ3n) is 4.61. The second-order valence-electron chi connectivity index (χ2n) is 6.90.